The molecule has 0 bridgehead atoms. The van der Waals surface area contributed by atoms with Crippen LogP contribution in [0.2, 0.25) is 0 Å². The monoisotopic (exact) mass is 106 g/mol. The normalized spacial score (nSPS) is 11.9. The Labute approximate surface area is 42.3 Å². The number of aliphatic hydroxyl groups excluding tert-OH is 1. The van der Waals surface area contributed by atoms with Crippen molar-refractivity contribution in [2.75, 3.05) is 0 Å². The Morgan fingerprint density at radius 2 is 1.86 bits per heavy atom. The van der Waals surface area contributed by atoms with E-state index in [1.54, 1.807) is 0 Å². The van der Waals surface area contributed by atoms with Gasteiger partial charge in [0, 0.05) is 0 Å². The summed E-state index contributed by atoms with van der Waals surface area (Å²) in [7, 11) is 0. The van der Waals surface area contributed by atoms with E-state index < -0.39 is 6.10 Å². The lowest BCUT2D eigenvalue weighted by atomic mass is 10.3. The van der Waals surface area contributed by atoms with Gasteiger partial charge in [0.05, 0.1) is 0 Å². The smallest absolute Gasteiger partial charge is 0.157 e. The van der Waals surface area contributed by atoms with Crippen molar-refractivity contribution in [2.24, 2.45) is 0 Å². The molecule has 44 valence electrons. The standard InChI is InChI=1S/C4H8O2.H2O/c1-3(5)4(2)6;/h3,5H,1-2H3;1H2. The predicted molar refractivity (Wildman–Crippen MR) is 26.0 cm³/mol. The van der Waals surface area contributed by atoms with Crippen LogP contribution in [-0.2, 0) is 4.79 Å². The molecule has 0 aromatic carbocycles. The van der Waals surface area contributed by atoms with Crippen LogP contribution < -0.4 is 0 Å². The van der Waals surface area contributed by atoms with E-state index in [1.165, 1.54) is 13.8 Å². The van der Waals surface area contributed by atoms with Crippen molar-refractivity contribution < 1.29 is 15.4 Å². The van der Waals surface area contributed by atoms with Crippen LogP contribution in [0.25, 0.3) is 0 Å². The summed E-state index contributed by atoms with van der Waals surface area (Å²) in [5.74, 6) is -0.185. The molecule has 7 heavy (non-hydrogen) atoms. The first kappa shape index (κ1) is 9.77. The lowest BCUT2D eigenvalue weighted by Crippen LogP contribution is -2.10. The molecule has 0 rings (SSSR count). The summed E-state index contributed by atoms with van der Waals surface area (Å²) in [6.07, 6.45) is -0.787. The summed E-state index contributed by atoms with van der Waals surface area (Å²) in [5, 5.41) is 8.28. The second-order valence-corrected chi connectivity index (χ2v) is 1.29. The zero-order valence-corrected chi connectivity index (χ0v) is 4.43. The van der Waals surface area contributed by atoms with Crippen molar-refractivity contribution in [3.8, 4) is 0 Å². The summed E-state index contributed by atoms with van der Waals surface area (Å²) in [4.78, 5) is 9.89. The largest absolute Gasteiger partial charge is 0.412 e. The molecule has 0 spiro atoms. The average Bonchev–Trinajstić information content (AvgIpc) is 1.36. The molecular formula is C4H10O3. The van der Waals surface area contributed by atoms with Crippen LogP contribution >= 0.6 is 0 Å². The van der Waals surface area contributed by atoms with Crippen molar-refractivity contribution in [3.63, 3.8) is 0 Å². The number of hydrogen-bond acceptors (Lipinski definition) is 2. The van der Waals surface area contributed by atoms with Gasteiger partial charge in [0.25, 0.3) is 0 Å². The minimum Gasteiger partial charge on any atom is -0.412 e. The molecule has 0 amide bonds. The molecule has 0 fully saturated rings. The van der Waals surface area contributed by atoms with Gasteiger partial charge in [0.1, 0.15) is 6.10 Å². The quantitative estimate of drug-likeness (QED) is 0.472. The number of carbonyl (C=O) groups excluding carboxylic acids is 1. The topological polar surface area (TPSA) is 68.8 Å². The molecule has 0 aromatic rings. The first-order chi connectivity index (χ1) is 2.64. The summed E-state index contributed by atoms with van der Waals surface area (Å²) in [5.41, 5.74) is 0. The Bertz CT molecular complexity index is 58.0. The lowest BCUT2D eigenvalue weighted by molar-refractivity contribution is -0.124. The van der Waals surface area contributed by atoms with Crippen molar-refractivity contribution in [3.05, 3.63) is 0 Å². The fraction of sp³-hybridized carbons (Fsp3) is 0.750. The molecule has 0 aliphatic heterocycles. The Morgan fingerprint density at radius 1 is 1.71 bits per heavy atom. The second-order valence-electron chi connectivity index (χ2n) is 1.29. The summed E-state index contributed by atoms with van der Waals surface area (Å²) in [6, 6.07) is 0. The van der Waals surface area contributed by atoms with Crippen LogP contribution in [0.5, 0.6) is 0 Å². The van der Waals surface area contributed by atoms with Gasteiger partial charge in [-0.1, -0.05) is 0 Å². The van der Waals surface area contributed by atoms with Crippen molar-refractivity contribution in [1.29, 1.82) is 0 Å². The highest BCUT2D eigenvalue weighted by molar-refractivity contribution is 5.79. The van der Waals surface area contributed by atoms with E-state index in [0.717, 1.165) is 0 Å². The van der Waals surface area contributed by atoms with Gasteiger partial charge in [-0.3, -0.25) is 4.79 Å². The molecule has 0 aliphatic rings. The van der Waals surface area contributed by atoms with E-state index in [0.29, 0.717) is 0 Å². The van der Waals surface area contributed by atoms with Crippen LogP contribution in [-0.4, -0.2) is 22.5 Å². The average molecular weight is 106 g/mol. The second kappa shape index (κ2) is 3.77. The molecule has 0 saturated heterocycles. The molecule has 0 aromatic heterocycles. The van der Waals surface area contributed by atoms with Gasteiger partial charge in [-0.05, 0) is 13.8 Å². The summed E-state index contributed by atoms with van der Waals surface area (Å²) in [6.45, 7) is 2.80. The minimum absolute atomic E-state index is 0. The maximum atomic E-state index is 9.89. The van der Waals surface area contributed by atoms with Gasteiger partial charge >= 0.3 is 0 Å². The molecule has 0 radical (unpaired) electrons. The van der Waals surface area contributed by atoms with Gasteiger partial charge in [0.2, 0.25) is 0 Å². The van der Waals surface area contributed by atoms with Gasteiger partial charge < -0.3 is 10.6 Å². The van der Waals surface area contributed by atoms with E-state index in [9.17, 15) is 4.79 Å². The third-order valence-electron chi connectivity index (χ3n) is 0.588. The first-order valence-corrected chi connectivity index (χ1v) is 1.83. The van der Waals surface area contributed by atoms with Crippen LogP contribution in [0.1, 0.15) is 13.8 Å². The number of rotatable bonds is 1. The molecule has 3 N–H and O–H groups in total. The van der Waals surface area contributed by atoms with E-state index >= 15 is 0 Å². The number of carbonyl (C=O) groups is 1. The predicted octanol–water partition coefficient (Wildman–Crippen LogP) is -0.869. The number of Topliss-reactive ketones (excluding diaryl/α,β-unsaturated/α-hetero) is 1. The first-order valence-electron chi connectivity index (χ1n) is 1.83. The van der Waals surface area contributed by atoms with Crippen LogP contribution in [0.3, 0.4) is 0 Å². The Kier molecular flexibility index (Phi) is 5.26. The van der Waals surface area contributed by atoms with Crippen LogP contribution in [0, 0.1) is 0 Å². The summed E-state index contributed by atoms with van der Waals surface area (Å²) < 4.78 is 0. The van der Waals surface area contributed by atoms with E-state index in [4.69, 9.17) is 5.11 Å². The SMILES string of the molecule is CC(=O)C(C)O.O. The fourth-order valence-corrected chi connectivity index (χ4v) is 0. The molecule has 0 aliphatic carbocycles. The van der Waals surface area contributed by atoms with Crippen molar-refractivity contribution in [1.82, 2.24) is 0 Å². The Balaban J connectivity index is 0. The summed E-state index contributed by atoms with van der Waals surface area (Å²) >= 11 is 0. The lowest BCUT2D eigenvalue weighted by Gasteiger charge is -1.90. The zero-order valence-electron chi connectivity index (χ0n) is 4.43. The van der Waals surface area contributed by atoms with Gasteiger partial charge in [-0.25, -0.2) is 0 Å². The van der Waals surface area contributed by atoms with E-state index in [-0.39, 0.29) is 11.3 Å². The molecule has 3 heteroatoms. The van der Waals surface area contributed by atoms with E-state index in [1.807, 2.05) is 0 Å². The number of hydrogen-bond donors (Lipinski definition) is 1. The number of aliphatic hydroxyl groups is 1. The minimum atomic E-state index is -0.787. The molecule has 1 unspecified atom stereocenters. The maximum absolute atomic E-state index is 9.89. The van der Waals surface area contributed by atoms with Crippen LogP contribution in [0.15, 0.2) is 0 Å². The fourth-order valence-electron chi connectivity index (χ4n) is 0. The Morgan fingerprint density at radius 3 is 1.86 bits per heavy atom. The highest BCUT2D eigenvalue weighted by Gasteiger charge is 1.97. The molecule has 0 saturated carbocycles. The third-order valence-corrected chi connectivity index (χ3v) is 0.588. The van der Waals surface area contributed by atoms with Crippen molar-refractivity contribution >= 4 is 5.78 Å². The van der Waals surface area contributed by atoms with Crippen molar-refractivity contribution in [2.45, 2.75) is 20.0 Å². The molecular weight excluding hydrogens is 96.0 g/mol. The third kappa shape index (κ3) is 5.59. The molecule has 1 atom stereocenters. The maximum Gasteiger partial charge on any atom is 0.157 e. The number of ketones is 1. The molecule has 3 nitrogen and oxygen atoms in total. The molecule has 0 heterocycles. The highest BCUT2D eigenvalue weighted by Crippen LogP contribution is 1.76. The van der Waals surface area contributed by atoms with Gasteiger partial charge in [-0.2, -0.15) is 0 Å². The van der Waals surface area contributed by atoms with E-state index in [2.05, 4.69) is 0 Å². The van der Waals surface area contributed by atoms with Gasteiger partial charge in [-0.15, -0.1) is 0 Å². The highest BCUT2D eigenvalue weighted by atomic mass is 16.3. The Hall–Kier alpha value is -0.410. The van der Waals surface area contributed by atoms with Crippen LogP contribution in [0.4, 0.5) is 0 Å². The zero-order chi connectivity index (χ0) is 5.15. The van der Waals surface area contributed by atoms with Gasteiger partial charge in [0.15, 0.2) is 5.78 Å².